The van der Waals surface area contributed by atoms with Crippen molar-refractivity contribution in [1.29, 1.82) is 0 Å². The molecule has 12 heteroatoms. The van der Waals surface area contributed by atoms with Gasteiger partial charge in [0.2, 0.25) is 10.0 Å². The average Bonchev–Trinajstić information content (AvgIpc) is 2.71. The van der Waals surface area contributed by atoms with Gasteiger partial charge >= 0.3 is 6.03 Å². The summed E-state index contributed by atoms with van der Waals surface area (Å²) in [4.78, 5) is 23.8. The molecule has 9 nitrogen and oxygen atoms in total. The van der Waals surface area contributed by atoms with E-state index in [4.69, 9.17) is 11.6 Å². The number of sulfonamides is 1. The number of hydrogen-bond acceptors (Lipinski definition) is 5. The predicted molar refractivity (Wildman–Crippen MR) is 104 cm³/mol. The van der Waals surface area contributed by atoms with E-state index in [2.05, 4.69) is 5.32 Å². The number of urea groups is 1. The highest BCUT2D eigenvalue weighted by molar-refractivity contribution is 7.89. The van der Waals surface area contributed by atoms with E-state index in [1.165, 1.54) is 33.5 Å². The molecule has 0 unspecified atom stereocenters. The Kier molecular flexibility index (Phi) is 6.01. The number of carbonyl (C=O) groups is 1. The maximum absolute atomic E-state index is 13.2. The number of nitro groups is 1. The Balaban J connectivity index is 1.62. The van der Waals surface area contributed by atoms with Crippen molar-refractivity contribution in [3.8, 4) is 0 Å². The molecule has 154 valence electrons. The highest BCUT2D eigenvalue weighted by atomic mass is 35.5. The number of anilines is 1. The number of nitrogens with zero attached hydrogens (tertiary/aromatic N) is 3. The van der Waals surface area contributed by atoms with Crippen molar-refractivity contribution in [3.05, 3.63) is 63.4 Å². The standard InChI is InChI=1S/C17H16ClFN4O5S/c18-15-11-12(1-6-16(15)19)20-17(24)21-7-9-22(10-8-21)29(27,28)14-4-2-13(3-5-14)23(25)26/h1-6,11H,7-10H2,(H,20,24). The molecule has 1 fully saturated rings. The molecule has 1 aliphatic rings. The molecule has 1 aliphatic heterocycles. The minimum Gasteiger partial charge on any atom is -0.322 e. The minimum absolute atomic E-state index is 0.0537. The molecule has 1 heterocycles. The third-order valence-corrected chi connectivity index (χ3v) is 6.58. The van der Waals surface area contributed by atoms with Crippen LogP contribution in [0, 0.1) is 15.9 Å². The van der Waals surface area contributed by atoms with Gasteiger partial charge in [0.25, 0.3) is 5.69 Å². The summed E-state index contributed by atoms with van der Waals surface area (Å²) in [6, 6.07) is 7.95. The van der Waals surface area contributed by atoms with Gasteiger partial charge in [0.05, 0.1) is 14.8 Å². The maximum Gasteiger partial charge on any atom is 0.321 e. The zero-order valence-electron chi connectivity index (χ0n) is 14.9. The molecule has 2 amide bonds. The molecule has 0 aromatic heterocycles. The average molecular weight is 443 g/mol. The molecule has 0 atom stereocenters. The number of benzene rings is 2. The minimum atomic E-state index is -3.83. The van der Waals surface area contributed by atoms with Crippen molar-refractivity contribution in [2.45, 2.75) is 4.90 Å². The number of halogens is 2. The number of nitrogens with one attached hydrogen (secondary N) is 1. The van der Waals surface area contributed by atoms with Crippen LogP contribution in [0.4, 0.5) is 20.6 Å². The van der Waals surface area contributed by atoms with E-state index in [0.29, 0.717) is 5.69 Å². The fourth-order valence-corrected chi connectivity index (χ4v) is 4.40. The van der Waals surface area contributed by atoms with Crippen molar-refractivity contribution in [1.82, 2.24) is 9.21 Å². The number of carbonyl (C=O) groups excluding carboxylic acids is 1. The Bertz CT molecular complexity index is 1040. The summed E-state index contributed by atoms with van der Waals surface area (Å²) < 4.78 is 39.8. The van der Waals surface area contributed by atoms with E-state index in [1.807, 2.05) is 0 Å². The zero-order valence-corrected chi connectivity index (χ0v) is 16.5. The van der Waals surface area contributed by atoms with Crippen LogP contribution in [-0.2, 0) is 10.0 Å². The molecule has 0 radical (unpaired) electrons. The first-order chi connectivity index (χ1) is 13.7. The van der Waals surface area contributed by atoms with Gasteiger partial charge in [-0.3, -0.25) is 10.1 Å². The second-order valence-corrected chi connectivity index (χ2v) is 8.55. The Morgan fingerprint density at radius 1 is 1.10 bits per heavy atom. The molecule has 0 spiro atoms. The first-order valence-corrected chi connectivity index (χ1v) is 10.3. The van der Waals surface area contributed by atoms with Crippen molar-refractivity contribution in [3.63, 3.8) is 0 Å². The summed E-state index contributed by atoms with van der Waals surface area (Å²) in [5, 5.41) is 13.2. The molecule has 0 bridgehead atoms. The van der Waals surface area contributed by atoms with Crippen LogP contribution in [0.3, 0.4) is 0 Å². The Morgan fingerprint density at radius 3 is 2.28 bits per heavy atom. The van der Waals surface area contributed by atoms with Crippen molar-refractivity contribution < 1.29 is 22.5 Å². The lowest BCUT2D eigenvalue weighted by Crippen LogP contribution is -2.51. The van der Waals surface area contributed by atoms with Gasteiger partial charge in [0, 0.05) is 44.0 Å². The van der Waals surface area contributed by atoms with Gasteiger partial charge in [-0.2, -0.15) is 4.31 Å². The first-order valence-electron chi connectivity index (χ1n) is 8.44. The van der Waals surface area contributed by atoms with Crippen LogP contribution in [0.1, 0.15) is 0 Å². The van der Waals surface area contributed by atoms with E-state index < -0.39 is 26.8 Å². The predicted octanol–water partition coefficient (Wildman–Crippen LogP) is 2.93. The van der Waals surface area contributed by atoms with Crippen LogP contribution in [0.15, 0.2) is 47.4 Å². The normalized spacial score (nSPS) is 15.2. The molecule has 2 aromatic carbocycles. The fourth-order valence-electron chi connectivity index (χ4n) is 2.80. The van der Waals surface area contributed by atoms with Crippen LogP contribution >= 0.6 is 11.6 Å². The van der Waals surface area contributed by atoms with Gasteiger partial charge in [-0.05, 0) is 30.3 Å². The second-order valence-electron chi connectivity index (χ2n) is 6.20. The zero-order chi connectivity index (χ0) is 21.2. The van der Waals surface area contributed by atoms with Gasteiger partial charge in [0.1, 0.15) is 5.82 Å². The Morgan fingerprint density at radius 2 is 1.72 bits per heavy atom. The highest BCUT2D eigenvalue weighted by Gasteiger charge is 2.30. The van der Waals surface area contributed by atoms with Crippen LogP contribution < -0.4 is 5.32 Å². The monoisotopic (exact) mass is 442 g/mol. The summed E-state index contributed by atoms with van der Waals surface area (Å²) in [5.74, 6) is -0.602. The molecule has 0 saturated carbocycles. The smallest absolute Gasteiger partial charge is 0.321 e. The van der Waals surface area contributed by atoms with Crippen LogP contribution in [-0.4, -0.2) is 54.8 Å². The van der Waals surface area contributed by atoms with E-state index in [0.717, 1.165) is 18.2 Å². The van der Waals surface area contributed by atoms with Gasteiger partial charge in [-0.15, -0.1) is 0 Å². The first kappa shape index (κ1) is 21.0. The van der Waals surface area contributed by atoms with Crippen LogP contribution in [0.25, 0.3) is 0 Å². The summed E-state index contributed by atoms with van der Waals surface area (Å²) in [5.41, 5.74) is 0.119. The van der Waals surface area contributed by atoms with Gasteiger partial charge < -0.3 is 10.2 Å². The van der Waals surface area contributed by atoms with Crippen LogP contribution in [0.5, 0.6) is 0 Å². The molecule has 1 saturated heterocycles. The Labute approximate surface area is 170 Å². The molecular weight excluding hydrogens is 427 g/mol. The van der Waals surface area contributed by atoms with Gasteiger partial charge in [0.15, 0.2) is 0 Å². The van der Waals surface area contributed by atoms with E-state index >= 15 is 0 Å². The number of non-ortho nitro benzene ring substituents is 1. The summed E-state index contributed by atoms with van der Waals surface area (Å²) >= 11 is 5.69. The number of amides is 2. The molecule has 2 aromatic rings. The summed E-state index contributed by atoms with van der Waals surface area (Å²) in [6.45, 7) is 0.424. The molecule has 0 aliphatic carbocycles. The van der Waals surface area contributed by atoms with Crippen molar-refractivity contribution >= 4 is 39.0 Å². The summed E-state index contributed by atoms with van der Waals surface area (Å²) in [7, 11) is -3.83. The van der Waals surface area contributed by atoms with Crippen molar-refractivity contribution in [2.24, 2.45) is 0 Å². The highest BCUT2D eigenvalue weighted by Crippen LogP contribution is 2.22. The molecule has 29 heavy (non-hydrogen) atoms. The second kappa shape index (κ2) is 8.31. The molecule has 1 N–H and O–H groups in total. The van der Waals surface area contributed by atoms with Crippen molar-refractivity contribution in [2.75, 3.05) is 31.5 Å². The maximum atomic E-state index is 13.2. The lowest BCUT2D eigenvalue weighted by atomic mass is 10.3. The van der Waals surface area contributed by atoms with Crippen LogP contribution in [0.2, 0.25) is 5.02 Å². The number of hydrogen-bond donors (Lipinski definition) is 1. The topological polar surface area (TPSA) is 113 Å². The number of nitro benzene ring substituents is 1. The van der Waals surface area contributed by atoms with Gasteiger partial charge in [-0.1, -0.05) is 11.6 Å². The van der Waals surface area contributed by atoms with E-state index in [-0.39, 0.29) is 41.8 Å². The van der Waals surface area contributed by atoms with E-state index in [9.17, 15) is 27.7 Å². The molecular formula is C17H16ClFN4O5S. The molecule has 3 rings (SSSR count). The SMILES string of the molecule is O=C(Nc1ccc(F)c(Cl)c1)N1CCN(S(=O)(=O)c2ccc([N+](=O)[O-])cc2)CC1. The van der Waals surface area contributed by atoms with Gasteiger partial charge in [-0.25, -0.2) is 17.6 Å². The number of rotatable bonds is 4. The fraction of sp³-hybridized carbons (Fsp3) is 0.235. The lowest BCUT2D eigenvalue weighted by molar-refractivity contribution is -0.384. The third kappa shape index (κ3) is 4.63. The number of piperazine rings is 1. The van der Waals surface area contributed by atoms with E-state index in [1.54, 1.807) is 0 Å². The third-order valence-electron chi connectivity index (χ3n) is 4.38. The summed E-state index contributed by atoms with van der Waals surface area (Å²) in [6.07, 6.45) is 0. The quantitative estimate of drug-likeness (QED) is 0.577. The lowest BCUT2D eigenvalue weighted by Gasteiger charge is -2.34. The Hall–Kier alpha value is -2.76. The largest absolute Gasteiger partial charge is 0.322 e.